The van der Waals surface area contributed by atoms with Gasteiger partial charge in [-0.3, -0.25) is 4.63 Å². The molecule has 6 nitrogen and oxygen atoms in total. The van der Waals surface area contributed by atoms with Crippen LogP contribution in [0, 0.1) is 12.1 Å². The van der Waals surface area contributed by atoms with E-state index in [1.807, 2.05) is 31.2 Å². The molecule has 1 aromatic carbocycles. The molecular weight excluding hydrogens is 246 g/mol. The number of aromatic nitrogens is 2. The Morgan fingerprint density at radius 3 is 2.63 bits per heavy atom. The van der Waals surface area contributed by atoms with Gasteiger partial charge < -0.3 is 15.7 Å². The molecule has 2 aromatic rings. The summed E-state index contributed by atoms with van der Waals surface area (Å²) in [5.41, 5.74) is 7.80. The highest BCUT2D eigenvalue weighted by atomic mass is 16.8. The van der Waals surface area contributed by atoms with Crippen molar-refractivity contribution in [3.63, 3.8) is 0 Å². The third kappa shape index (κ3) is 3.45. The lowest BCUT2D eigenvalue weighted by Gasteiger charge is -2.07. The van der Waals surface area contributed by atoms with Crippen molar-refractivity contribution in [2.75, 3.05) is 0 Å². The van der Waals surface area contributed by atoms with Crippen LogP contribution in [0.4, 0.5) is 0 Å². The number of rotatable bonds is 5. The van der Waals surface area contributed by atoms with Gasteiger partial charge in [0.05, 0.1) is 0 Å². The zero-order valence-corrected chi connectivity index (χ0v) is 11.0. The molecule has 0 aliphatic rings. The van der Waals surface area contributed by atoms with Crippen molar-refractivity contribution in [1.82, 2.24) is 5.16 Å². The van der Waals surface area contributed by atoms with Gasteiger partial charge in [-0.05, 0) is 35.9 Å². The van der Waals surface area contributed by atoms with Gasteiger partial charge in [-0.2, -0.15) is 0 Å². The third-order valence-electron chi connectivity index (χ3n) is 2.77. The van der Waals surface area contributed by atoms with E-state index in [9.17, 15) is 5.21 Å². The van der Waals surface area contributed by atoms with Crippen LogP contribution in [0.1, 0.15) is 23.9 Å². The highest BCUT2D eigenvalue weighted by molar-refractivity contribution is 5.27. The largest absolute Gasteiger partial charge is 0.485 e. The molecule has 6 heteroatoms. The van der Waals surface area contributed by atoms with E-state index >= 15 is 0 Å². The van der Waals surface area contributed by atoms with Crippen LogP contribution in [0.3, 0.4) is 0 Å². The van der Waals surface area contributed by atoms with Crippen molar-refractivity contribution >= 4 is 0 Å². The van der Waals surface area contributed by atoms with Gasteiger partial charge in [0.2, 0.25) is 0 Å². The van der Waals surface area contributed by atoms with Crippen LogP contribution in [0.25, 0.3) is 0 Å². The molecule has 1 heterocycles. The van der Waals surface area contributed by atoms with Gasteiger partial charge in [0.1, 0.15) is 5.75 Å². The lowest BCUT2D eigenvalue weighted by atomic mass is 10.1. The Hall–Kier alpha value is -2.08. The van der Waals surface area contributed by atoms with E-state index in [0.717, 1.165) is 12.0 Å². The molecule has 2 rings (SSSR count). The smallest absolute Gasteiger partial charge is 0.258 e. The maximum absolute atomic E-state index is 11.0. The van der Waals surface area contributed by atoms with Gasteiger partial charge >= 0.3 is 0 Å². The molecule has 0 fully saturated rings. The van der Waals surface area contributed by atoms with E-state index < -0.39 is 0 Å². The summed E-state index contributed by atoms with van der Waals surface area (Å²) in [4.78, 5) is 0.366. The molecular formula is C13H17N3O3. The van der Waals surface area contributed by atoms with Crippen molar-refractivity contribution < 1.29 is 14.3 Å². The highest BCUT2D eigenvalue weighted by Crippen LogP contribution is 2.15. The number of benzene rings is 1. The average Bonchev–Trinajstić information content (AvgIpc) is 2.69. The topological polar surface area (TPSA) is 88.2 Å². The molecule has 0 amide bonds. The van der Waals surface area contributed by atoms with Gasteiger partial charge in [-0.25, -0.2) is 0 Å². The summed E-state index contributed by atoms with van der Waals surface area (Å²) >= 11 is 0. The fraction of sp³-hybridized carbons (Fsp3) is 0.385. The average molecular weight is 263 g/mol. The molecule has 1 aromatic heterocycles. The van der Waals surface area contributed by atoms with Crippen molar-refractivity contribution in [2.24, 2.45) is 5.73 Å². The predicted molar refractivity (Wildman–Crippen MR) is 68.3 cm³/mol. The van der Waals surface area contributed by atoms with Crippen molar-refractivity contribution in [2.45, 2.75) is 32.9 Å². The molecule has 0 aliphatic heterocycles. The summed E-state index contributed by atoms with van der Waals surface area (Å²) in [6.07, 6.45) is 0.832. The molecule has 1 atom stereocenters. The maximum Gasteiger partial charge on any atom is 0.258 e. The molecule has 0 saturated heterocycles. The van der Waals surface area contributed by atoms with Crippen molar-refractivity contribution in [3.05, 3.63) is 46.4 Å². The number of nitrogens with two attached hydrogens (primary N) is 1. The second kappa shape index (κ2) is 5.71. The van der Waals surface area contributed by atoms with Crippen molar-refractivity contribution in [1.29, 1.82) is 0 Å². The van der Waals surface area contributed by atoms with Gasteiger partial charge in [0, 0.05) is 18.1 Å². The third-order valence-corrected chi connectivity index (χ3v) is 2.77. The van der Waals surface area contributed by atoms with E-state index in [4.69, 9.17) is 10.5 Å². The molecule has 0 spiro atoms. The van der Waals surface area contributed by atoms with Crippen LogP contribution >= 0.6 is 0 Å². The van der Waals surface area contributed by atoms with Crippen LogP contribution in [0.5, 0.6) is 5.75 Å². The number of nitrogens with zero attached hydrogens (tertiary/aromatic N) is 2. The predicted octanol–water partition coefficient (Wildman–Crippen LogP) is 1.09. The first-order valence-corrected chi connectivity index (χ1v) is 6.09. The van der Waals surface area contributed by atoms with Crippen LogP contribution in [-0.2, 0) is 13.0 Å². The minimum absolute atomic E-state index is 0.136. The van der Waals surface area contributed by atoms with E-state index in [2.05, 4.69) is 9.79 Å². The molecule has 102 valence electrons. The van der Waals surface area contributed by atoms with Crippen LogP contribution < -0.4 is 15.4 Å². The number of hydrogen-bond donors (Lipinski definition) is 1. The first kappa shape index (κ1) is 13.4. The summed E-state index contributed by atoms with van der Waals surface area (Å²) in [5, 5.41) is 14.6. The Labute approximate surface area is 111 Å². The zero-order chi connectivity index (χ0) is 13.8. The fourth-order valence-corrected chi connectivity index (χ4v) is 1.70. The normalized spacial score (nSPS) is 12.4. The Balaban J connectivity index is 1.95. The molecule has 0 radical (unpaired) electrons. The Kier molecular flexibility index (Phi) is 4.01. The second-order valence-corrected chi connectivity index (χ2v) is 4.58. The summed E-state index contributed by atoms with van der Waals surface area (Å²) in [6.45, 7) is 3.81. The highest BCUT2D eigenvalue weighted by Gasteiger charge is 2.14. The molecule has 1 unspecified atom stereocenters. The minimum atomic E-state index is 0.136. The summed E-state index contributed by atoms with van der Waals surface area (Å²) in [6, 6.07) is 7.83. The van der Waals surface area contributed by atoms with E-state index in [-0.39, 0.29) is 12.6 Å². The second-order valence-electron chi connectivity index (χ2n) is 4.58. The first-order chi connectivity index (χ1) is 9.06. The summed E-state index contributed by atoms with van der Waals surface area (Å²) in [7, 11) is 0. The quantitative estimate of drug-likeness (QED) is 0.815. The Bertz CT molecular complexity index is 535. The van der Waals surface area contributed by atoms with Gasteiger partial charge in [-0.15, -0.1) is 0 Å². The van der Waals surface area contributed by atoms with Gasteiger partial charge in [0.25, 0.3) is 5.69 Å². The van der Waals surface area contributed by atoms with Crippen molar-refractivity contribution in [3.8, 4) is 5.75 Å². The lowest BCUT2D eigenvalue weighted by Crippen LogP contribution is -2.26. The lowest BCUT2D eigenvalue weighted by molar-refractivity contribution is -0.806. The Morgan fingerprint density at radius 2 is 2.11 bits per heavy atom. The number of ether oxygens (including phenoxy) is 1. The molecule has 2 N–H and O–H groups in total. The maximum atomic E-state index is 11.0. The Morgan fingerprint density at radius 1 is 1.42 bits per heavy atom. The van der Waals surface area contributed by atoms with E-state index in [1.54, 1.807) is 6.92 Å². The van der Waals surface area contributed by atoms with Crippen LogP contribution in [0.2, 0.25) is 0 Å². The SMILES string of the molecule is Cc1c(COc2ccc(CC(C)N)cc2)no[n+]1[O-]. The van der Waals surface area contributed by atoms with Gasteiger partial charge in [0.15, 0.2) is 12.3 Å². The monoisotopic (exact) mass is 263 g/mol. The van der Waals surface area contributed by atoms with Gasteiger partial charge in [-0.1, -0.05) is 12.1 Å². The molecule has 19 heavy (non-hydrogen) atoms. The zero-order valence-electron chi connectivity index (χ0n) is 11.0. The summed E-state index contributed by atoms with van der Waals surface area (Å²) in [5.74, 6) is 0.716. The minimum Gasteiger partial charge on any atom is -0.485 e. The molecule has 0 saturated carbocycles. The van der Waals surface area contributed by atoms with E-state index in [1.165, 1.54) is 0 Å². The fourth-order valence-electron chi connectivity index (χ4n) is 1.70. The van der Waals surface area contributed by atoms with E-state index in [0.29, 0.717) is 22.0 Å². The first-order valence-electron chi connectivity index (χ1n) is 6.09. The summed E-state index contributed by atoms with van der Waals surface area (Å²) < 4.78 is 10.0. The molecule has 0 bridgehead atoms. The standard InChI is InChI=1S/C13H17N3O3/c1-9(14)7-11-3-5-12(6-4-11)18-8-13-10(2)16(17)19-15-13/h3-6,9H,7-8,14H2,1-2H3. The van der Waals surface area contributed by atoms with Crippen LogP contribution in [-0.4, -0.2) is 11.2 Å². The molecule has 0 aliphatic carbocycles. The van der Waals surface area contributed by atoms with Crippen LogP contribution in [0.15, 0.2) is 28.9 Å². The number of hydrogen-bond acceptors (Lipinski definition) is 5.